The molecule has 0 aliphatic heterocycles. The van der Waals surface area contributed by atoms with E-state index < -0.39 is 0 Å². The van der Waals surface area contributed by atoms with Crippen LogP contribution in [0.2, 0.25) is 0 Å². The number of aromatic nitrogens is 2. The molecule has 4 nitrogen and oxygen atoms in total. The zero-order valence-electron chi connectivity index (χ0n) is 11.2. The fraction of sp³-hybridized carbons (Fsp3) is 0.692. The Bertz CT molecular complexity index is 357. The molecule has 1 rings (SSSR count). The van der Waals surface area contributed by atoms with Crippen molar-refractivity contribution in [3.05, 3.63) is 18.2 Å². The third kappa shape index (κ3) is 4.21. The molecule has 1 aromatic heterocycles. The molecule has 1 amide bonds. The van der Waals surface area contributed by atoms with Crippen LogP contribution in [0, 0.1) is 5.92 Å². The summed E-state index contributed by atoms with van der Waals surface area (Å²) in [6.45, 7) is 8.71. The van der Waals surface area contributed by atoms with Crippen LogP contribution in [0.3, 0.4) is 0 Å². The lowest BCUT2D eigenvalue weighted by molar-refractivity contribution is -0.122. The van der Waals surface area contributed by atoms with Crippen molar-refractivity contribution in [1.29, 1.82) is 0 Å². The van der Waals surface area contributed by atoms with E-state index in [9.17, 15) is 4.79 Å². The minimum atomic E-state index is 0.0570. The van der Waals surface area contributed by atoms with Crippen molar-refractivity contribution in [2.45, 2.75) is 53.1 Å². The van der Waals surface area contributed by atoms with E-state index in [0.717, 1.165) is 18.7 Å². The van der Waals surface area contributed by atoms with Crippen molar-refractivity contribution in [2.24, 2.45) is 5.92 Å². The second-order valence-electron chi connectivity index (χ2n) is 4.82. The molecule has 1 atom stereocenters. The summed E-state index contributed by atoms with van der Waals surface area (Å²) in [5.74, 6) is 1.50. The second-order valence-corrected chi connectivity index (χ2v) is 4.82. The third-order valence-corrected chi connectivity index (χ3v) is 2.98. The smallest absolute Gasteiger partial charge is 0.240 e. The summed E-state index contributed by atoms with van der Waals surface area (Å²) < 4.78 is 1.92. The maximum absolute atomic E-state index is 11.8. The van der Waals surface area contributed by atoms with Gasteiger partial charge >= 0.3 is 0 Å². The van der Waals surface area contributed by atoms with Gasteiger partial charge in [-0.3, -0.25) is 4.79 Å². The normalized spacial score (nSPS) is 12.8. The van der Waals surface area contributed by atoms with Gasteiger partial charge < -0.3 is 9.88 Å². The topological polar surface area (TPSA) is 46.9 Å². The van der Waals surface area contributed by atoms with Crippen LogP contribution in [0.5, 0.6) is 0 Å². The SMILES string of the molecule is CCCc1nccn1CC(=O)NC(C)C(C)C. The van der Waals surface area contributed by atoms with E-state index >= 15 is 0 Å². The number of hydrogen-bond acceptors (Lipinski definition) is 2. The van der Waals surface area contributed by atoms with E-state index in [-0.39, 0.29) is 11.9 Å². The minimum Gasteiger partial charge on any atom is -0.352 e. The lowest BCUT2D eigenvalue weighted by Crippen LogP contribution is -2.38. The Morgan fingerprint density at radius 3 is 2.76 bits per heavy atom. The van der Waals surface area contributed by atoms with E-state index in [1.807, 2.05) is 17.7 Å². The molecule has 1 unspecified atom stereocenters. The molecule has 0 aliphatic carbocycles. The molecule has 0 saturated heterocycles. The zero-order valence-corrected chi connectivity index (χ0v) is 11.2. The van der Waals surface area contributed by atoms with Crippen molar-refractivity contribution >= 4 is 5.91 Å². The average molecular weight is 237 g/mol. The molecule has 1 heterocycles. The Kier molecular flexibility index (Phi) is 5.19. The number of imidazole rings is 1. The van der Waals surface area contributed by atoms with Gasteiger partial charge in [-0.1, -0.05) is 20.8 Å². The van der Waals surface area contributed by atoms with Gasteiger partial charge in [-0.25, -0.2) is 4.98 Å². The van der Waals surface area contributed by atoms with Gasteiger partial charge in [0.05, 0.1) is 0 Å². The first-order chi connectivity index (χ1) is 8.04. The molecule has 96 valence electrons. The molecular weight excluding hydrogens is 214 g/mol. The van der Waals surface area contributed by atoms with Crippen LogP contribution in [0.4, 0.5) is 0 Å². The molecular formula is C13H23N3O. The monoisotopic (exact) mass is 237 g/mol. The van der Waals surface area contributed by atoms with Crippen LogP contribution < -0.4 is 5.32 Å². The van der Waals surface area contributed by atoms with Gasteiger partial charge in [0, 0.05) is 24.9 Å². The van der Waals surface area contributed by atoms with Gasteiger partial charge in [0.15, 0.2) is 0 Å². The van der Waals surface area contributed by atoms with Gasteiger partial charge in [-0.15, -0.1) is 0 Å². The van der Waals surface area contributed by atoms with Crippen LogP contribution in [0.1, 0.15) is 39.9 Å². The van der Waals surface area contributed by atoms with Crippen LogP contribution in [-0.4, -0.2) is 21.5 Å². The van der Waals surface area contributed by atoms with E-state index in [1.54, 1.807) is 6.20 Å². The molecule has 0 fully saturated rings. The first-order valence-corrected chi connectivity index (χ1v) is 6.34. The first kappa shape index (κ1) is 13.7. The predicted octanol–water partition coefficient (Wildman–Crippen LogP) is 2.00. The maximum Gasteiger partial charge on any atom is 0.240 e. The van der Waals surface area contributed by atoms with E-state index in [4.69, 9.17) is 0 Å². The molecule has 0 saturated carbocycles. The number of carbonyl (C=O) groups excluding carboxylic acids is 1. The van der Waals surface area contributed by atoms with E-state index in [2.05, 4.69) is 31.1 Å². The lowest BCUT2D eigenvalue weighted by Gasteiger charge is -2.18. The summed E-state index contributed by atoms with van der Waals surface area (Å²) in [5.41, 5.74) is 0. The van der Waals surface area contributed by atoms with Crippen molar-refractivity contribution in [3.63, 3.8) is 0 Å². The molecule has 0 spiro atoms. The number of hydrogen-bond donors (Lipinski definition) is 1. The average Bonchev–Trinajstić information content (AvgIpc) is 2.66. The molecule has 0 bridgehead atoms. The Balaban J connectivity index is 2.53. The third-order valence-electron chi connectivity index (χ3n) is 2.98. The quantitative estimate of drug-likeness (QED) is 0.822. The Morgan fingerprint density at radius 2 is 2.18 bits per heavy atom. The number of nitrogens with one attached hydrogen (secondary N) is 1. The number of amides is 1. The summed E-state index contributed by atoms with van der Waals surface area (Å²) in [6, 6.07) is 0.209. The van der Waals surface area contributed by atoms with Crippen molar-refractivity contribution < 1.29 is 4.79 Å². The van der Waals surface area contributed by atoms with Crippen LogP contribution in [0.15, 0.2) is 12.4 Å². The number of rotatable bonds is 6. The number of nitrogens with zero attached hydrogens (tertiary/aromatic N) is 2. The van der Waals surface area contributed by atoms with Crippen molar-refractivity contribution in [3.8, 4) is 0 Å². The summed E-state index contributed by atoms with van der Waals surface area (Å²) >= 11 is 0. The van der Waals surface area contributed by atoms with Crippen molar-refractivity contribution in [2.75, 3.05) is 0 Å². The van der Waals surface area contributed by atoms with Crippen LogP contribution in [0.25, 0.3) is 0 Å². The summed E-state index contributed by atoms with van der Waals surface area (Å²) in [7, 11) is 0. The maximum atomic E-state index is 11.8. The molecule has 4 heteroatoms. The molecule has 1 aromatic rings. The molecule has 17 heavy (non-hydrogen) atoms. The minimum absolute atomic E-state index is 0.0570. The highest BCUT2D eigenvalue weighted by Crippen LogP contribution is 2.03. The first-order valence-electron chi connectivity index (χ1n) is 6.34. The molecule has 0 aromatic carbocycles. The van der Waals surface area contributed by atoms with E-state index in [1.165, 1.54) is 0 Å². The largest absolute Gasteiger partial charge is 0.352 e. The standard InChI is InChI=1S/C13H23N3O/c1-5-6-12-14-7-8-16(12)9-13(17)15-11(4)10(2)3/h7-8,10-11H,5-6,9H2,1-4H3,(H,15,17). The summed E-state index contributed by atoms with van der Waals surface area (Å²) in [4.78, 5) is 16.1. The molecule has 1 N–H and O–H groups in total. The lowest BCUT2D eigenvalue weighted by atomic mass is 10.1. The van der Waals surface area contributed by atoms with E-state index in [0.29, 0.717) is 12.5 Å². The van der Waals surface area contributed by atoms with Crippen molar-refractivity contribution in [1.82, 2.24) is 14.9 Å². The van der Waals surface area contributed by atoms with Gasteiger partial charge in [0.25, 0.3) is 0 Å². The van der Waals surface area contributed by atoms with Crippen LogP contribution in [-0.2, 0) is 17.8 Å². The highest BCUT2D eigenvalue weighted by atomic mass is 16.2. The van der Waals surface area contributed by atoms with Gasteiger partial charge in [0.1, 0.15) is 12.4 Å². The highest BCUT2D eigenvalue weighted by Gasteiger charge is 2.12. The number of aryl methyl sites for hydroxylation is 1. The Hall–Kier alpha value is -1.32. The Labute approximate surface area is 103 Å². The fourth-order valence-corrected chi connectivity index (χ4v) is 1.56. The van der Waals surface area contributed by atoms with Gasteiger partial charge in [-0.05, 0) is 19.3 Å². The zero-order chi connectivity index (χ0) is 12.8. The number of carbonyl (C=O) groups is 1. The molecule has 0 radical (unpaired) electrons. The highest BCUT2D eigenvalue weighted by molar-refractivity contribution is 5.76. The second kappa shape index (κ2) is 6.42. The van der Waals surface area contributed by atoms with Gasteiger partial charge in [-0.2, -0.15) is 0 Å². The Morgan fingerprint density at radius 1 is 1.47 bits per heavy atom. The molecule has 0 aliphatic rings. The fourth-order valence-electron chi connectivity index (χ4n) is 1.56. The predicted molar refractivity (Wildman–Crippen MR) is 68.7 cm³/mol. The summed E-state index contributed by atoms with van der Waals surface area (Å²) in [6.07, 6.45) is 5.58. The van der Waals surface area contributed by atoms with Gasteiger partial charge in [0.2, 0.25) is 5.91 Å². The summed E-state index contributed by atoms with van der Waals surface area (Å²) in [5, 5.41) is 3.00. The van der Waals surface area contributed by atoms with Crippen LogP contribution >= 0.6 is 0 Å².